The van der Waals surface area contributed by atoms with Crippen LogP contribution in [0.2, 0.25) is 0 Å². The highest BCUT2D eigenvalue weighted by atomic mass is 16.7. The number of carbonyl (C=O) groups is 1. The van der Waals surface area contributed by atoms with Gasteiger partial charge in [-0.1, -0.05) is 5.11 Å². The fourth-order valence-corrected chi connectivity index (χ4v) is 1.97. The molecule has 3 atom stereocenters. The summed E-state index contributed by atoms with van der Waals surface area (Å²) in [5, 5.41) is 13.7. The largest absolute Gasteiger partial charge is 0.463 e. The second-order valence-corrected chi connectivity index (χ2v) is 6.88. The molecule has 0 radical (unpaired) electrons. The van der Waals surface area contributed by atoms with Crippen molar-refractivity contribution in [2.24, 2.45) is 10.5 Å². The first kappa shape index (κ1) is 18.7. The number of aliphatic hydroxyl groups excluding tert-OH is 1. The molecule has 0 saturated carbocycles. The molecule has 1 rings (SSSR count). The minimum atomic E-state index is -0.901. The molecule has 0 amide bonds. The number of esters is 1. The Balaban J connectivity index is 2.57. The molecule has 0 aromatic heterocycles. The summed E-state index contributed by atoms with van der Waals surface area (Å²) in [6.07, 6.45) is -1.21. The minimum Gasteiger partial charge on any atom is -0.463 e. The van der Waals surface area contributed by atoms with Crippen LogP contribution in [0.3, 0.4) is 0 Å². The number of ether oxygens (including phenoxy) is 3. The van der Waals surface area contributed by atoms with Crippen molar-refractivity contribution in [3.8, 4) is 0 Å². The van der Waals surface area contributed by atoms with Gasteiger partial charge in [0.2, 0.25) is 0 Å². The topological polar surface area (TPSA) is 114 Å². The zero-order chi connectivity index (χ0) is 17.0. The molecule has 1 aliphatic heterocycles. The number of carbonyl (C=O) groups excluding carboxylic acids is 1. The van der Waals surface area contributed by atoms with Crippen LogP contribution in [0, 0.1) is 5.41 Å². The van der Waals surface area contributed by atoms with Crippen LogP contribution in [0.15, 0.2) is 5.11 Å². The fraction of sp³-hybridized carbons (Fsp3) is 0.929. The Labute approximate surface area is 130 Å². The number of hydrogen-bond acceptors (Lipinski definition) is 6. The van der Waals surface area contributed by atoms with E-state index in [-0.39, 0.29) is 25.6 Å². The highest BCUT2D eigenvalue weighted by Crippen LogP contribution is 2.27. The molecule has 1 aliphatic rings. The fourth-order valence-electron chi connectivity index (χ4n) is 1.97. The average molecular weight is 315 g/mol. The molecule has 0 aromatic rings. The van der Waals surface area contributed by atoms with E-state index in [1.54, 1.807) is 34.6 Å². The van der Waals surface area contributed by atoms with E-state index in [9.17, 15) is 9.90 Å². The summed E-state index contributed by atoms with van der Waals surface area (Å²) < 4.78 is 16.2. The molecule has 1 saturated heterocycles. The van der Waals surface area contributed by atoms with Crippen molar-refractivity contribution >= 4 is 5.97 Å². The lowest BCUT2D eigenvalue weighted by molar-refractivity contribution is -0.283. The summed E-state index contributed by atoms with van der Waals surface area (Å²) in [4.78, 5) is 14.4. The smallest absolute Gasteiger partial charge is 0.311 e. The molecule has 22 heavy (non-hydrogen) atoms. The molecule has 1 N–H and O–H groups in total. The van der Waals surface area contributed by atoms with Gasteiger partial charge in [-0.2, -0.15) is 0 Å². The Morgan fingerprint density at radius 1 is 1.55 bits per heavy atom. The summed E-state index contributed by atoms with van der Waals surface area (Å²) >= 11 is 0. The number of hydrogen-bond donors (Lipinski definition) is 1. The van der Waals surface area contributed by atoms with E-state index in [0.29, 0.717) is 0 Å². The molecule has 0 aliphatic carbocycles. The molecular formula is C14H25N3O5. The standard InChI is InChI=1S/C14H25N3O5/c1-13(2,3)12(19)20-7-9(18)6-11-10(16-17-15)8-21-14(4,5)22-11/h9-11,18H,6-8H2,1-5H3/t9-,10+,11+/m0/s1. The van der Waals surface area contributed by atoms with Crippen LogP contribution in [0.4, 0.5) is 0 Å². The van der Waals surface area contributed by atoms with Gasteiger partial charge in [-0.15, -0.1) is 0 Å². The number of azide groups is 1. The first-order chi connectivity index (χ1) is 10.0. The molecule has 0 spiro atoms. The van der Waals surface area contributed by atoms with E-state index >= 15 is 0 Å². The third kappa shape index (κ3) is 5.81. The van der Waals surface area contributed by atoms with Gasteiger partial charge >= 0.3 is 5.97 Å². The third-order valence-electron chi connectivity index (χ3n) is 3.19. The molecule has 8 nitrogen and oxygen atoms in total. The van der Waals surface area contributed by atoms with Crippen molar-refractivity contribution < 1.29 is 24.1 Å². The van der Waals surface area contributed by atoms with Crippen LogP contribution in [-0.4, -0.2) is 48.3 Å². The van der Waals surface area contributed by atoms with E-state index in [0.717, 1.165) is 0 Å². The van der Waals surface area contributed by atoms with Crippen LogP contribution in [0.25, 0.3) is 10.4 Å². The average Bonchev–Trinajstić information content (AvgIpc) is 2.37. The van der Waals surface area contributed by atoms with Gasteiger partial charge < -0.3 is 19.3 Å². The van der Waals surface area contributed by atoms with Crippen LogP contribution < -0.4 is 0 Å². The van der Waals surface area contributed by atoms with Crippen molar-refractivity contribution in [3.63, 3.8) is 0 Å². The Morgan fingerprint density at radius 2 is 2.18 bits per heavy atom. The maximum atomic E-state index is 11.7. The number of aliphatic hydroxyl groups is 1. The van der Waals surface area contributed by atoms with Gasteiger partial charge in [0.15, 0.2) is 5.79 Å². The van der Waals surface area contributed by atoms with Gasteiger partial charge in [0.25, 0.3) is 0 Å². The second kappa shape index (κ2) is 7.28. The van der Waals surface area contributed by atoms with E-state index in [4.69, 9.17) is 19.7 Å². The zero-order valence-corrected chi connectivity index (χ0v) is 13.8. The lowest BCUT2D eigenvalue weighted by Gasteiger charge is -2.40. The van der Waals surface area contributed by atoms with Crippen molar-refractivity contribution in [2.45, 2.75) is 65.1 Å². The summed E-state index contributed by atoms with van der Waals surface area (Å²) in [5.74, 6) is -1.19. The van der Waals surface area contributed by atoms with Crippen LogP contribution >= 0.6 is 0 Å². The molecule has 0 bridgehead atoms. The lowest BCUT2D eigenvalue weighted by Crippen LogP contribution is -2.49. The molecule has 0 aromatic carbocycles. The summed E-state index contributed by atoms with van der Waals surface area (Å²) in [6, 6.07) is -0.522. The van der Waals surface area contributed by atoms with Crippen LogP contribution in [0.5, 0.6) is 0 Å². The van der Waals surface area contributed by atoms with Gasteiger partial charge in [0.05, 0.1) is 30.3 Å². The van der Waals surface area contributed by atoms with E-state index in [2.05, 4.69) is 10.0 Å². The maximum absolute atomic E-state index is 11.7. The summed E-state index contributed by atoms with van der Waals surface area (Å²) in [6.45, 7) is 8.81. The predicted molar refractivity (Wildman–Crippen MR) is 78.9 cm³/mol. The molecule has 8 heteroatoms. The second-order valence-electron chi connectivity index (χ2n) is 6.88. The Hall–Kier alpha value is -1.34. The highest BCUT2D eigenvalue weighted by Gasteiger charge is 2.37. The summed E-state index contributed by atoms with van der Waals surface area (Å²) in [5.41, 5.74) is 7.96. The maximum Gasteiger partial charge on any atom is 0.311 e. The molecule has 0 unspecified atom stereocenters. The Kier molecular flexibility index (Phi) is 6.19. The number of rotatable bonds is 5. The monoisotopic (exact) mass is 315 g/mol. The van der Waals surface area contributed by atoms with Crippen molar-refractivity contribution in [3.05, 3.63) is 10.4 Å². The number of nitrogens with zero attached hydrogens (tertiary/aromatic N) is 3. The summed E-state index contributed by atoms with van der Waals surface area (Å²) in [7, 11) is 0. The minimum absolute atomic E-state index is 0.125. The molecular weight excluding hydrogens is 290 g/mol. The van der Waals surface area contributed by atoms with Gasteiger partial charge in [-0.3, -0.25) is 4.79 Å². The van der Waals surface area contributed by atoms with Gasteiger partial charge in [0, 0.05) is 11.3 Å². The SMILES string of the molecule is CC1(C)OC[C@@H](N=[N+]=[N-])[C@@H](C[C@H](O)COC(=O)C(C)(C)C)O1. The molecule has 1 fully saturated rings. The van der Waals surface area contributed by atoms with Gasteiger partial charge in [0.1, 0.15) is 6.61 Å². The molecule has 126 valence electrons. The van der Waals surface area contributed by atoms with Gasteiger partial charge in [-0.05, 0) is 40.1 Å². The van der Waals surface area contributed by atoms with E-state index in [1.165, 1.54) is 0 Å². The third-order valence-corrected chi connectivity index (χ3v) is 3.19. The van der Waals surface area contributed by atoms with Crippen LogP contribution in [-0.2, 0) is 19.0 Å². The van der Waals surface area contributed by atoms with Crippen molar-refractivity contribution in [2.75, 3.05) is 13.2 Å². The van der Waals surface area contributed by atoms with E-state index < -0.39 is 29.5 Å². The van der Waals surface area contributed by atoms with Crippen molar-refractivity contribution in [1.82, 2.24) is 0 Å². The zero-order valence-electron chi connectivity index (χ0n) is 13.8. The Bertz CT molecular complexity index is 440. The van der Waals surface area contributed by atoms with E-state index in [1.807, 2.05) is 0 Å². The van der Waals surface area contributed by atoms with Crippen LogP contribution in [0.1, 0.15) is 41.0 Å². The van der Waals surface area contributed by atoms with Gasteiger partial charge in [-0.25, -0.2) is 0 Å². The first-order valence-electron chi connectivity index (χ1n) is 7.26. The predicted octanol–water partition coefficient (Wildman–Crippen LogP) is 2.16. The first-order valence-corrected chi connectivity index (χ1v) is 7.26. The highest BCUT2D eigenvalue weighted by molar-refractivity contribution is 5.75. The normalized spacial score (nSPS) is 25.9. The molecule has 1 heterocycles. The van der Waals surface area contributed by atoms with Crippen molar-refractivity contribution in [1.29, 1.82) is 0 Å². The lowest BCUT2D eigenvalue weighted by atomic mass is 9.97. The Morgan fingerprint density at radius 3 is 2.73 bits per heavy atom. The quantitative estimate of drug-likeness (QED) is 0.361.